The Morgan fingerprint density at radius 1 is 1.16 bits per heavy atom. The number of hydrogen-bond acceptors (Lipinski definition) is 7. The second kappa shape index (κ2) is 6.93. The molecule has 0 saturated carbocycles. The second-order valence-corrected chi connectivity index (χ2v) is 6.52. The molecular weight excluding hydrogens is 348 g/mol. The highest BCUT2D eigenvalue weighted by atomic mass is 35.5. The van der Waals surface area contributed by atoms with E-state index in [1.807, 2.05) is 6.07 Å². The smallest absolute Gasteiger partial charge is 0.350 e. The summed E-state index contributed by atoms with van der Waals surface area (Å²) in [4.78, 5) is 26.1. The molecule has 2 heterocycles. The number of nitrogens with one attached hydrogen (secondary N) is 1. The van der Waals surface area contributed by atoms with E-state index in [0.29, 0.717) is 37.0 Å². The number of carbonyl (C=O) groups is 2. The first-order chi connectivity index (χ1) is 11.9. The minimum absolute atomic E-state index is 0.202. The van der Waals surface area contributed by atoms with E-state index < -0.39 is 17.7 Å². The van der Waals surface area contributed by atoms with Crippen LogP contribution in [0.2, 0.25) is 5.02 Å². The second-order valence-electron chi connectivity index (χ2n) is 6.12. The van der Waals surface area contributed by atoms with Gasteiger partial charge in [-0.05, 0) is 12.1 Å². The van der Waals surface area contributed by atoms with E-state index in [9.17, 15) is 9.59 Å². The minimum Gasteiger partial charge on any atom is -0.419 e. The van der Waals surface area contributed by atoms with Gasteiger partial charge in [0, 0.05) is 33.1 Å². The Hall–Kier alpha value is -2.25. The van der Waals surface area contributed by atoms with Crippen molar-refractivity contribution in [2.75, 3.05) is 36.5 Å². The fourth-order valence-electron chi connectivity index (χ4n) is 2.67. The maximum Gasteiger partial charge on any atom is 0.350 e. The number of nitrogens with zero attached hydrogens (tertiary/aromatic N) is 1. The zero-order chi connectivity index (χ0) is 18.0. The number of hydrogen-bond donors (Lipinski definition) is 1. The first-order valence-corrected chi connectivity index (χ1v) is 8.30. The van der Waals surface area contributed by atoms with Gasteiger partial charge in [0.05, 0.1) is 29.6 Å². The van der Waals surface area contributed by atoms with Crippen molar-refractivity contribution < 1.29 is 23.8 Å². The Kier molecular flexibility index (Phi) is 4.87. The summed E-state index contributed by atoms with van der Waals surface area (Å²) < 4.78 is 15.5. The van der Waals surface area contributed by atoms with E-state index in [0.717, 1.165) is 5.69 Å². The third-order valence-electron chi connectivity index (χ3n) is 3.80. The summed E-state index contributed by atoms with van der Waals surface area (Å²) in [7, 11) is 0. The van der Waals surface area contributed by atoms with Crippen LogP contribution in [0.15, 0.2) is 30.0 Å². The van der Waals surface area contributed by atoms with Gasteiger partial charge in [0.2, 0.25) is 0 Å². The normalized spacial score (nSPS) is 20.0. The van der Waals surface area contributed by atoms with Gasteiger partial charge >= 0.3 is 11.9 Å². The third-order valence-corrected chi connectivity index (χ3v) is 4.11. The van der Waals surface area contributed by atoms with Crippen molar-refractivity contribution in [1.29, 1.82) is 0 Å². The lowest BCUT2D eigenvalue weighted by Crippen LogP contribution is -2.42. The Morgan fingerprint density at radius 2 is 1.80 bits per heavy atom. The van der Waals surface area contributed by atoms with Gasteiger partial charge in [-0.15, -0.1) is 0 Å². The van der Waals surface area contributed by atoms with Gasteiger partial charge < -0.3 is 24.4 Å². The van der Waals surface area contributed by atoms with E-state index >= 15 is 0 Å². The van der Waals surface area contributed by atoms with Crippen molar-refractivity contribution in [2.24, 2.45) is 0 Å². The molecule has 0 atom stereocenters. The molecule has 0 radical (unpaired) electrons. The molecule has 0 bridgehead atoms. The molecule has 2 fully saturated rings. The lowest BCUT2D eigenvalue weighted by Gasteiger charge is -2.31. The average Bonchev–Trinajstić information content (AvgIpc) is 2.54. The fraction of sp³-hybridized carbons (Fsp3) is 0.412. The molecule has 0 aromatic heterocycles. The van der Waals surface area contributed by atoms with Gasteiger partial charge in [-0.1, -0.05) is 17.7 Å². The Balaban J connectivity index is 1.85. The van der Waals surface area contributed by atoms with Gasteiger partial charge in [-0.2, -0.15) is 0 Å². The van der Waals surface area contributed by atoms with Crippen LogP contribution >= 0.6 is 11.6 Å². The highest BCUT2D eigenvalue weighted by Gasteiger charge is 2.39. The largest absolute Gasteiger partial charge is 0.419 e. The van der Waals surface area contributed by atoms with Crippen molar-refractivity contribution in [3.8, 4) is 0 Å². The number of para-hydroxylation sites is 1. The zero-order valence-corrected chi connectivity index (χ0v) is 14.8. The zero-order valence-electron chi connectivity index (χ0n) is 14.0. The predicted molar refractivity (Wildman–Crippen MR) is 92.5 cm³/mol. The molecule has 0 spiro atoms. The SMILES string of the molecule is CC1(C)OC(=O)C(=CNc2cccc(Cl)c2N2CCOCC2)C(=O)O1. The van der Waals surface area contributed by atoms with Crippen LogP contribution in [0.3, 0.4) is 0 Å². The Morgan fingerprint density at radius 3 is 2.44 bits per heavy atom. The van der Waals surface area contributed by atoms with E-state index in [2.05, 4.69) is 10.2 Å². The molecule has 8 heteroatoms. The summed E-state index contributed by atoms with van der Waals surface area (Å²) in [5.41, 5.74) is 1.27. The van der Waals surface area contributed by atoms with E-state index in [1.54, 1.807) is 12.1 Å². The predicted octanol–water partition coefficient (Wildman–Crippen LogP) is 2.31. The lowest BCUT2D eigenvalue weighted by molar-refractivity contribution is -0.222. The highest BCUT2D eigenvalue weighted by molar-refractivity contribution is 6.34. The molecule has 0 unspecified atom stereocenters. The molecule has 3 rings (SSSR count). The molecule has 0 amide bonds. The van der Waals surface area contributed by atoms with E-state index in [1.165, 1.54) is 20.0 Å². The molecule has 134 valence electrons. The summed E-state index contributed by atoms with van der Waals surface area (Å²) in [6.45, 7) is 5.63. The van der Waals surface area contributed by atoms with Gasteiger partial charge in [0.15, 0.2) is 5.57 Å². The fourth-order valence-corrected chi connectivity index (χ4v) is 2.96. The number of esters is 2. The monoisotopic (exact) mass is 366 g/mol. The van der Waals surface area contributed by atoms with Crippen molar-refractivity contribution in [1.82, 2.24) is 0 Å². The van der Waals surface area contributed by atoms with Crippen LogP contribution in [0.5, 0.6) is 0 Å². The van der Waals surface area contributed by atoms with Gasteiger partial charge in [0.1, 0.15) is 0 Å². The molecule has 2 aliphatic rings. The molecule has 1 N–H and O–H groups in total. The van der Waals surface area contributed by atoms with Crippen molar-refractivity contribution in [3.63, 3.8) is 0 Å². The minimum atomic E-state index is -1.26. The molecule has 7 nitrogen and oxygen atoms in total. The average molecular weight is 367 g/mol. The maximum absolute atomic E-state index is 12.0. The number of benzene rings is 1. The first kappa shape index (κ1) is 17.6. The van der Waals surface area contributed by atoms with Crippen molar-refractivity contribution in [3.05, 3.63) is 35.0 Å². The van der Waals surface area contributed by atoms with Gasteiger partial charge in [-0.3, -0.25) is 0 Å². The van der Waals surface area contributed by atoms with Gasteiger partial charge in [-0.25, -0.2) is 9.59 Å². The van der Waals surface area contributed by atoms with Crippen LogP contribution < -0.4 is 10.2 Å². The molecule has 0 aliphatic carbocycles. The van der Waals surface area contributed by atoms with Crippen LogP contribution in [-0.4, -0.2) is 44.0 Å². The summed E-state index contributed by atoms with van der Waals surface area (Å²) in [5, 5.41) is 3.55. The number of anilines is 2. The van der Waals surface area contributed by atoms with E-state index in [4.69, 9.17) is 25.8 Å². The van der Waals surface area contributed by atoms with Gasteiger partial charge in [0.25, 0.3) is 5.79 Å². The summed E-state index contributed by atoms with van der Waals surface area (Å²) in [6, 6.07) is 5.39. The molecule has 2 aliphatic heterocycles. The van der Waals surface area contributed by atoms with E-state index in [-0.39, 0.29) is 5.57 Å². The van der Waals surface area contributed by atoms with Crippen LogP contribution in [0.25, 0.3) is 0 Å². The molecular formula is C17H19ClN2O5. The highest BCUT2D eigenvalue weighted by Crippen LogP contribution is 2.34. The summed E-state index contributed by atoms with van der Waals surface area (Å²) in [6.07, 6.45) is 1.29. The standard InChI is InChI=1S/C17H19ClN2O5/c1-17(2)24-15(21)11(16(22)25-17)10-19-13-5-3-4-12(18)14(13)20-6-8-23-9-7-20/h3-5,10,19H,6-9H2,1-2H3. The molecule has 2 saturated heterocycles. The quantitative estimate of drug-likeness (QED) is 0.499. The number of carbonyl (C=O) groups excluding carboxylic acids is 2. The Labute approximate surface area is 150 Å². The topological polar surface area (TPSA) is 77.1 Å². The van der Waals surface area contributed by atoms with Crippen LogP contribution in [-0.2, 0) is 23.8 Å². The number of cyclic esters (lactones) is 2. The number of ether oxygens (including phenoxy) is 3. The summed E-state index contributed by atoms with van der Waals surface area (Å²) >= 11 is 6.35. The van der Waals surface area contributed by atoms with Crippen molar-refractivity contribution in [2.45, 2.75) is 19.6 Å². The van der Waals surface area contributed by atoms with Crippen LogP contribution in [0, 0.1) is 0 Å². The maximum atomic E-state index is 12.0. The number of morpholine rings is 1. The number of rotatable bonds is 3. The lowest BCUT2D eigenvalue weighted by atomic mass is 10.2. The third kappa shape index (κ3) is 3.88. The molecule has 25 heavy (non-hydrogen) atoms. The summed E-state index contributed by atoms with van der Waals surface area (Å²) in [5.74, 6) is -2.73. The van der Waals surface area contributed by atoms with Crippen molar-refractivity contribution >= 4 is 34.9 Å². The molecule has 1 aromatic carbocycles. The molecule has 1 aromatic rings. The van der Waals surface area contributed by atoms with Crippen LogP contribution in [0.4, 0.5) is 11.4 Å². The first-order valence-electron chi connectivity index (χ1n) is 7.92. The number of halogens is 1. The Bertz CT molecular complexity index is 704. The van der Waals surface area contributed by atoms with Crippen LogP contribution in [0.1, 0.15) is 13.8 Å².